The number of aryl methyl sites for hydroxylation is 2. The minimum atomic E-state index is -0.110. The molecule has 0 unspecified atom stereocenters. The maximum Gasteiger partial charge on any atom is 0.0750 e. The van der Waals surface area contributed by atoms with Gasteiger partial charge in [-0.15, -0.1) is 11.6 Å². The zero-order valence-corrected chi connectivity index (χ0v) is 18.2. The van der Waals surface area contributed by atoms with E-state index in [0.29, 0.717) is 0 Å². The Morgan fingerprint density at radius 3 is 2.10 bits per heavy atom. The van der Waals surface area contributed by atoms with Gasteiger partial charge in [0.2, 0.25) is 0 Å². The summed E-state index contributed by atoms with van der Waals surface area (Å²) in [7, 11) is 0. The number of allylic oxidation sites excluding steroid dienone is 3. The molecule has 148 valence electrons. The molecule has 0 fully saturated rings. The fourth-order valence-corrected chi connectivity index (χ4v) is 4.48. The monoisotopic (exact) mass is 409 g/mol. The van der Waals surface area contributed by atoms with Gasteiger partial charge in [-0.05, 0) is 50.6 Å². The molecule has 1 nitrogen and oxygen atoms in total. The number of rotatable bonds is 2. The summed E-state index contributed by atoms with van der Waals surface area (Å²) in [6, 6.07) is 26.2. The van der Waals surface area contributed by atoms with E-state index in [1.165, 1.54) is 44.7 Å². The van der Waals surface area contributed by atoms with Crippen molar-refractivity contribution in [1.82, 2.24) is 0 Å². The molecular formula is C28H24ClN. The number of alkyl halides is 1. The third-order valence-electron chi connectivity index (χ3n) is 5.94. The number of nitrogens with zero attached hydrogens (tertiary/aromatic N) is 1. The molecule has 0 N–H and O–H groups in total. The molecule has 2 heteroatoms. The molecule has 1 aliphatic carbocycles. The molecular weight excluding hydrogens is 386 g/mol. The molecule has 3 aromatic rings. The van der Waals surface area contributed by atoms with Crippen LogP contribution in [0.2, 0.25) is 0 Å². The van der Waals surface area contributed by atoms with Crippen molar-refractivity contribution in [2.75, 3.05) is 4.90 Å². The molecule has 1 atom stereocenters. The Morgan fingerprint density at radius 2 is 1.40 bits per heavy atom. The van der Waals surface area contributed by atoms with Crippen LogP contribution in [0.5, 0.6) is 0 Å². The molecule has 30 heavy (non-hydrogen) atoms. The summed E-state index contributed by atoms with van der Waals surface area (Å²) >= 11 is 6.71. The molecule has 3 aromatic carbocycles. The van der Waals surface area contributed by atoms with Gasteiger partial charge in [0.05, 0.1) is 16.8 Å². The largest absolute Gasteiger partial charge is 0.310 e. The second-order valence-electron chi connectivity index (χ2n) is 8.18. The Labute approximate surface area is 183 Å². The molecule has 0 bridgehead atoms. The lowest BCUT2D eigenvalue weighted by atomic mass is 9.83. The highest BCUT2D eigenvalue weighted by molar-refractivity contribution is 6.24. The van der Waals surface area contributed by atoms with Gasteiger partial charge in [-0.25, -0.2) is 0 Å². The van der Waals surface area contributed by atoms with Gasteiger partial charge in [0.1, 0.15) is 0 Å². The first-order valence-corrected chi connectivity index (χ1v) is 10.8. The normalized spacial score (nSPS) is 17.9. The average Bonchev–Trinajstić information content (AvgIpc) is 2.75. The molecule has 1 aliphatic heterocycles. The minimum Gasteiger partial charge on any atom is -0.310 e. The Morgan fingerprint density at radius 1 is 0.767 bits per heavy atom. The van der Waals surface area contributed by atoms with Gasteiger partial charge in [0, 0.05) is 22.4 Å². The fraction of sp³-hybridized carbons (Fsp3) is 0.143. The van der Waals surface area contributed by atoms with Crippen molar-refractivity contribution in [3.8, 4) is 0 Å². The van der Waals surface area contributed by atoms with Crippen molar-refractivity contribution in [2.45, 2.75) is 26.1 Å². The fourth-order valence-electron chi connectivity index (χ4n) is 4.29. The zero-order valence-electron chi connectivity index (χ0n) is 17.5. The van der Waals surface area contributed by atoms with Crippen molar-refractivity contribution >= 4 is 28.5 Å². The maximum atomic E-state index is 6.71. The van der Waals surface area contributed by atoms with Crippen molar-refractivity contribution in [3.63, 3.8) is 0 Å². The predicted molar refractivity (Wildman–Crippen MR) is 128 cm³/mol. The number of benzene rings is 3. The number of hydrogen-bond donors (Lipinski definition) is 0. The topological polar surface area (TPSA) is 3.24 Å². The number of fused-ring (bicyclic) bond motifs is 2. The Balaban J connectivity index is 1.82. The SMILES string of the molecule is CC1=CC2=C(c3ccc(C)cc3)c3ccccc3N(c3ccc(C)cc3)C2=C[C@@H]1Cl. The molecule has 2 aliphatic rings. The summed E-state index contributed by atoms with van der Waals surface area (Å²) < 4.78 is 0. The lowest BCUT2D eigenvalue weighted by molar-refractivity contribution is 1.07. The molecule has 0 saturated carbocycles. The van der Waals surface area contributed by atoms with Gasteiger partial charge in [-0.3, -0.25) is 0 Å². The van der Waals surface area contributed by atoms with E-state index in [-0.39, 0.29) is 5.38 Å². The third kappa shape index (κ3) is 3.11. The smallest absolute Gasteiger partial charge is 0.0750 e. The van der Waals surface area contributed by atoms with Crippen LogP contribution in [-0.4, -0.2) is 5.38 Å². The quantitative estimate of drug-likeness (QED) is 0.392. The molecule has 1 heterocycles. The van der Waals surface area contributed by atoms with E-state index in [4.69, 9.17) is 11.6 Å². The molecule has 0 amide bonds. The van der Waals surface area contributed by atoms with Crippen LogP contribution in [0.3, 0.4) is 0 Å². The van der Waals surface area contributed by atoms with E-state index in [0.717, 1.165) is 11.4 Å². The molecule has 0 aromatic heterocycles. The van der Waals surface area contributed by atoms with Gasteiger partial charge < -0.3 is 4.90 Å². The Bertz CT molecular complexity index is 1210. The van der Waals surface area contributed by atoms with Crippen LogP contribution in [0.25, 0.3) is 5.57 Å². The van der Waals surface area contributed by atoms with Crippen molar-refractivity contribution in [1.29, 1.82) is 0 Å². The summed E-state index contributed by atoms with van der Waals surface area (Å²) in [4.78, 5) is 2.35. The van der Waals surface area contributed by atoms with Gasteiger partial charge in [0.25, 0.3) is 0 Å². The lowest BCUT2D eigenvalue weighted by Crippen LogP contribution is -2.26. The van der Waals surface area contributed by atoms with E-state index >= 15 is 0 Å². The van der Waals surface area contributed by atoms with Crippen LogP contribution in [0, 0.1) is 13.8 Å². The Kier molecular flexibility index (Phi) is 4.64. The molecule has 0 radical (unpaired) electrons. The summed E-state index contributed by atoms with van der Waals surface area (Å²) in [6.07, 6.45) is 4.45. The van der Waals surface area contributed by atoms with Gasteiger partial charge >= 0.3 is 0 Å². The van der Waals surface area contributed by atoms with Gasteiger partial charge in [0.15, 0.2) is 0 Å². The first-order chi connectivity index (χ1) is 14.5. The number of anilines is 2. The highest BCUT2D eigenvalue weighted by atomic mass is 35.5. The van der Waals surface area contributed by atoms with Crippen LogP contribution in [-0.2, 0) is 0 Å². The predicted octanol–water partition coefficient (Wildman–Crippen LogP) is 7.71. The van der Waals surface area contributed by atoms with E-state index in [1.807, 2.05) is 0 Å². The van der Waals surface area contributed by atoms with E-state index < -0.39 is 0 Å². The summed E-state index contributed by atoms with van der Waals surface area (Å²) in [5.41, 5.74) is 12.1. The van der Waals surface area contributed by atoms with Crippen molar-refractivity contribution < 1.29 is 0 Å². The first-order valence-electron chi connectivity index (χ1n) is 10.3. The summed E-state index contributed by atoms with van der Waals surface area (Å²) in [5, 5.41) is -0.110. The minimum absolute atomic E-state index is 0.110. The van der Waals surface area contributed by atoms with Gasteiger partial charge in [-0.2, -0.15) is 0 Å². The number of para-hydroxylation sites is 1. The molecule has 0 saturated heterocycles. The van der Waals surface area contributed by atoms with E-state index in [9.17, 15) is 0 Å². The lowest BCUT2D eigenvalue weighted by Gasteiger charge is -2.38. The van der Waals surface area contributed by atoms with E-state index in [1.54, 1.807) is 0 Å². The van der Waals surface area contributed by atoms with E-state index in [2.05, 4.69) is 111 Å². The Hall–Kier alpha value is -3.03. The highest BCUT2D eigenvalue weighted by Gasteiger charge is 2.32. The summed E-state index contributed by atoms with van der Waals surface area (Å²) in [6.45, 7) is 6.36. The van der Waals surface area contributed by atoms with Crippen LogP contribution < -0.4 is 4.90 Å². The van der Waals surface area contributed by atoms with Crippen LogP contribution in [0.15, 0.2) is 102 Å². The zero-order chi connectivity index (χ0) is 20.8. The third-order valence-corrected chi connectivity index (χ3v) is 6.41. The highest BCUT2D eigenvalue weighted by Crippen LogP contribution is 2.49. The first kappa shape index (κ1) is 19.0. The molecule has 5 rings (SSSR count). The second-order valence-corrected chi connectivity index (χ2v) is 8.66. The number of halogens is 1. The van der Waals surface area contributed by atoms with Gasteiger partial charge in [-0.1, -0.05) is 77.4 Å². The van der Waals surface area contributed by atoms with Crippen LogP contribution in [0.1, 0.15) is 29.2 Å². The average molecular weight is 410 g/mol. The van der Waals surface area contributed by atoms with Crippen LogP contribution in [0.4, 0.5) is 11.4 Å². The maximum absolute atomic E-state index is 6.71. The second kappa shape index (κ2) is 7.34. The van der Waals surface area contributed by atoms with Crippen LogP contribution >= 0.6 is 11.6 Å². The molecule has 0 spiro atoms. The van der Waals surface area contributed by atoms with Crippen molar-refractivity contribution in [3.05, 3.63) is 124 Å². The summed E-state index contributed by atoms with van der Waals surface area (Å²) in [5.74, 6) is 0. The van der Waals surface area contributed by atoms with Crippen molar-refractivity contribution in [2.24, 2.45) is 0 Å². The number of hydrogen-bond acceptors (Lipinski definition) is 1. The standard InChI is InChI=1S/C28H24ClN/c1-18-8-12-21(13-9-18)28-23-6-4-5-7-26(23)30(22-14-10-19(2)11-15-22)27-17-25(29)20(3)16-24(27)28/h4-17,25H,1-3H3/t25-/m0/s1.